The number of benzene rings is 3. The maximum Gasteiger partial charge on any atom is 0.254 e. The second-order valence-electron chi connectivity index (χ2n) is 9.51. The van der Waals surface area contributed by atoms with Crippen molar-refractivity contribution in [1.29, 1.82) is 0 Å². The fourth-order valence-corrected chi connectivity index (χ4v) is 5.30. The molecular formula is C29H35FN2O3. The molecule has 5 rings (SSSR count). The molecule has 5 nitrogen and oxygen atoms in total. The third kappa shape index (κ3) is 6.45. The second kappa shape index (κ2) is 12.2. The summed E-state index contributed by atoms with van der Waals surface area (Å²) in [5.74, 6) is 1.07. The van der Waals surface area contributed by atoms with Crippen LogP contribution in [0.15, 0.2) is 66.7 Å². The molecule has 0 radical (unpaired) electrons. The van der Waals surface area contributed by atoms with Crippen LogP contribution in [0.3, 0.4) is 0 Å². The first-order valence-corrected chi connectivity index (χ1v) is 12.6. The van der Waals surface area contributed by atoms with Crippen LogP contribution >= 0.6 is 0 Å². The van der Waals surface area contributed by atoms with Crippen LogP contribution in [0.1, 0.15) is 41.1 Å². The Bertz CT molecular complexity index is 1090. The highest BCUT2D eigenvalue weighted by molar-refractivity contribution is 6.07. The molecule has 0 spiro atoms. The molecule has 6 heteroatoms. The summed E-state index contributed by atoms with van der Waals surface area (Å²) in [6.45, 7) is 4.67. The summed E-state index contributed by atoms with van der Waals surface area (Å²) in [6, 6.07) is 21.1. The first-order valence-electron chi connectivity index (χ1n) is 12.6. The zero-order chi connectivity index (χ0) is 24.6. The Kier molecular flexibility index (Phi) is 8.85. The Balaban J connectivity index is 0.000000672. The molecule has 3 aromatic carbocycles. The number of carbonyl (C=O) groups is 1. The number of carbonyl (C=O) groups excluding carboxylic acids is 1. The number of rotatable bonds is 5. The van der Waals surface area contributed by atoms with Gasteiger partial charge in [-0.1, -0.05) is 48.5 Å². The lowest BCUT2D eigenvalue weighted by Gasteiger charge is -2.33. The van der Waals surface area contributed by atoms with Crippen LogP contribution in [0.4, 0.5) is 4.39 Å². The van der Waals surface area contributed by atoms with E-state index in [1.807, 2.05) is 47.4 Å². The quantitative estimate of drug-likeness (QED) is 0.574. The molecule has 186 valence electrons. The van der Waals surface area contributed by atoms with E-state index in [2.05, 4.69) is 17.0 Å². The Hall–Kier alpha value is -2.80. The number of aliphatic hydroxyl groups excluding tert-OH is 2. The fourth-order valence-electron chi connectivity index (χ4n) is 5.30. The van der Waals surface area contributed by atoms with Crippen molar-refractivity contribution in [1.82, 2.24) is 9.80 Å². The van der Waals surface area contributed by atoms with E-state index in [1.54, 1.807) is 12.1 Å². The van der Waals surface area contributed by atoms with Crippen LogP contribution < -0.4 is 0 Å². The fraction of sp³-hybridized carbons (Fsp3) is 0.414. The van der Waals surface area contributed by atoms with E-state index in [4.69, 9.17) is 10.2 Å². The van der Waals surface area contributed by atoms with Gasteiger partial charge in [0.15, 0.2) is 0 Å². The van der Waals surface area contributed by atoms with Crippen LogP contribution in [0.2, 0.25) is 0 Å². The Labute approximate surface area is 206 Å². The van der Waals surface area contributed by atoms with E-state index in [9.17, 15) is 9.18 Å². The number of halogens is 1. The number of hydrogen-bond donors (Lipinski definition) is 2. The molecule has 1 amide bonds. The van der Waals surface area contributed by atoms with E-state index in [0.29, 0.717) is 11.8 Å². The third-order valence-electron chi connectivity index (χ3n) is 7.14. The van der Waals surface area contributed by atoms with Gasteiger partial charge in [-0.2, -0.15) is 0 Å². The molecule has 35 heavy (non-hydrogen) atoms. The lowest BCUT2D eigenvalue weighted by atomic mass is 9.89. The maximum absolute atomic E-state index is 13.2. The van der Waals surface area contributed by atoms with Crippen LogP contribution in [-0.2, 0) is 0 Å². The van der Waals surface area contributed by atoms with Gasteiger partial charge >= 0.3 is 0 Å². The summed E-state index contributed by atoms with van der Waals surface area (Å²) < 4.78 is 13.2. The summed E-state index contributed by atoms with van der Waals surface area (Å²) >= 11 is 0. The number of aliphatic hydroxyl groups is 2. The van der Waals surface area contributed by atoms with Crippen molar-refractivity contribution in [2.24, 2.45) is 5.92 Å². The topological polar surface area (TPSA) is 64.0 Å². The summed E-state index contributed by atoms with van der Waals surface area (Å²) in [5.41, 5.74) is 2.08. The van der Waals surface area contributed by atoms with Gasteiger partial charge in [-0.25, -0.2) is 4.39 Å². The van der Waals surface area contributed by atoms with Gasteiger partial charge < -0.3 is 20.0 Å². The normalized spacial score (nSPS) is 18.9. The number of piperidine rings is 1. The minimum absolute atomic E-state index is 0.125. The molecule has 0 saturated carbocycles. The highest BCUT2D eigenvalue weighted by atomic mass is 19.1. The molecule has 0 aliphatic carbocycles. The van der Waals surface area contributed by atoms with E-state index in [-0.39, 0.29) is 24.9 Å². The zero-order valence-electron chi connectivity index (χ0n) is 20.2. The van der Waals surface area contributed by atoms with Gasteiger partial charge in [-0.05, 0) is 78.7 Å². The molecule has 1 atom stereocenters. The average molecular weight is 479 g/mol. The Morgan fingerprint density at radius 3 is 2.26 bits per heavy atom. The Morgan fingerprint density at radius 2 is 1.54 bits per heavy atom. The van der Waals surface area contributed by atoms with Gasteiger partial charge in [-0.3, -0.25) is 4.79 Å². The number of likely N-dealkylation sites (tertiary alicyclic amines) is 2. The van der Waals surface area contributed by atoms with Gasteiger partial charge in [0.1, 0.15) is 5.82 Å². The zero-order valence-corrected chi connectivity index (χ0v) is 20.2. The lowest BCUT2D eigenvalue weighted by molar-refractivity contribution is 0.0784. The largest absolute Gasteiger partial charge is 0.394 e. The van der Waals surface area contributed by atoms with Crippen LogP contribution in [0.25, 0.3) is 10.8 Å². The molecule has 3 aromatic rings. The van der Waals surface area contributed by atoms with Crippen molar-refractivity contribution >= 4 is 16.7 Å². The van der Waals surface area contributed by atoms with Crippen LogP contribution in [-0.4, -0.2) is 71.9 Å². The monoisotopic (exact) mass is 478 g/mol. The van der Waals surface area contributed by atoms with Gasteiger partial charge in [0.05, 0.1) is 13.2 Å². The van der Waals surface area contributed by atoms with Crippen molar-refractivity contribution in [2.45, 2.75) is 25.2 Å². The molecule has 0 aromatic heterocycles. The van der Waals surface area contributed by atoms with Crippen molar-refractivity contribution < 1.29 is 19.4 Å². The van der Waals surface area contributed by atoms with Crippen LogP contribution in [0.5, 0.6) is 0 Å². The number of amides is 1. The molecule has 2 N–H and O–H groups in total. The molecule has 2 aliphatic rings. The summed E-state index contributed by atoms with van der Waals surface area (Å²) in [7, 11) is 0. The first-order chi connectivity index (χ1) is 17.1. The average Bonchev–Trinajstić information content (AvgIpc) is 3.37. The molecular weight excluding hydrogens is 443 g/mol. The van der Waals surface area contributed by atoms with Gasteiger partial charge in [0.2, 0.25) is 0 Å². The third-order valence-corrected chi connectivity index (χ3v) is 7.14. The van der Waals surface area contributed by atoms with Crippen LogP contribution in [0, 0.1) is 11.7 Å². The van der Waals surface area contributed by atoms with Crippen molar-refractivity contribution in [3.8, 4) is 0 Å². The molecule has 0 unspecified atom stereocenters. The van der Waals surface area contributed by atoms with Gasteiger partial charge in [0, 0.05) is 25.2 Å². The molecule has 0 bridgehead atoms. The molecule has 2 saturated heterocycles. The second-order valence-corrected chi connectivity index (χ2v) is 9.51. The van der Waals surface area contributed by atoms with E-state index < -0.39 is 0 Å². The summed E-state index contributed by atoms with van der Waals surface area (Å²) in [5, 5.41) is 17.4. The minimum Gasteiger partial charge on any atom is -0.394 e. The summed E-state index contributed by atoms with van der Waals surface area (Å²) in [6.07, 6.45) is 3.32. The standard InChI is InChI=1S/C27H29FN2O.C2H6O2/c28-24-10-8-21(9-11-24)22-13-15-29(16-14-22)18-20-12-17-30(19-20)27(31)26-7-3-5-23-4-1-2-6-25(23)26;3-1-2-4/h1-11,20,22H,12-19H2;3-4H,1-2H2/t20-;/m1./s1. The van der Waals surface area contributed by atoms with Gasteiger partial charge in [-0.15, -0.1) is 0 Å². The van der Waals surface area contributed by atoms with Crippen molar-refractivity contribution in [2.75, 3.05) is 45.9 Å². The van der Waals surface area contributed by atoms with E-state index in [0.717, 1.165) is 68.3 Å². The smallest absolute Gasteiger partial charge is 0.254 e. The maximum atomic E-state index is 13.2. The molecule has 2 fully saturated rings. The van der Waals surface area contributed by atoms with E-state index >= 15 is 0 Å². The number of nitrogens with zero attached hydrogens (tertiary/aromatic N) is 2. The predicted molar refractivity (Wildman–Crippen MR) is 137 cm³/mol. The number of fused-ring (bicyclic) bond motifs is 1. The molecule has 2 aliphatic heterocycles. The van der Waals surface area contributed by atoms with Crippen molar-refractivity contribution in [3.63, 3.8) is 0 Å². The first kappa shape index (κ1) is 25.3. The molecule has 2 heterocycles. The summed E-state index contributed by atoms with van der Waals surface area (Å²) in [4.78, 5) is 17.8. The predicted octanol–water partition coefficient (Wildman–Crippen LogP) is 4.29. The number of hydrogen-bond acceptors (Lipinski definition) is 4. The SMILES string of the molecule is O=C(c1cccc2ccccc12)N1CC[C@H](CN2CCC(c3ccc(F)cc3)CC2)C1.OCCO. The highest BCUT2D eigenvalue weighted by Crippen LogP contribution is 2.30. The lowest BCUT2D eigenvalue weighted by Crippen LogP contribution is -2.37. The van der Waals surface area contributed by atoms with Crippen molar-refractivity contribution in [3.05, 3.63) is 83.7 Å². The van der Waals surface area contributed by atoms with E-state index in [1.165, 1.54) is 5.56 Å². The van der Waals surface area contributed by atoms with Gasteiger partial charge in [0.25, 0.3) is 5.91 Å². The highest BCUT2D eigenvalue weighted by Gasteiger charge is 2.30. The minimum atomic E-state index is -0.162. The Morgan fingerprint density at radius 1 is 0.857 bits per heavy atom.